The average molecular weight is 405 g/mol. The number of anilines is 1. The van der Waals surface area contributed by atoms with Gasteiger partial charge in [0.2, 0.25) is 5.88 Å². The van der Waals surface area contributed by atoms with Crippen LogP contribution in [0.5, 0.6) is 5.88 Å². The average Bonchev–Trinajstić information content (AvgIpc) is 2.75. The Balaban J connectivity index is 1.42. The third-order valence-corrected chi connectivity index (χ3v) is 6.39. The highest BCUT2D eigenvalue weighted by Gasteiger charge is 2.30. The zero-order chi connectivity index (χ0) is 20.6. The van der Waals surface area contributed by atoms with Crippen molar-refractivity contribution >= 4 is 11.7 Å². The van der Waals surface area contributed by atoms with E-state index in [9.17, 15) is 4.79 Å². The summed E-state index contributed by atoms with van der Waals surface area (Å²) in [7, 11) is 3.53. The number of pyridine rings is 1. The number of piperidine rings is 1. The topological polar surface area (TPSA) is 66.9 Å². The number of hydrogen-bond acceptors (Lipinski definition) is 5. The summed E-state index contributed by atoms with van der Waals surface area (Å²) in [5.41, 5.74) is 0.676. The summed E-state index contributed by atoms with van der Waals surface area (Å²) in [6.07, 6.45) is 9.09. The molecule has 0 bridgehead atoms. The molecule has 0 radical (unpaired) electrons. The van der Waals surface area contributed by atoms with Crippen molar-refractivity contribution in [2.24, 2.45) is 5.92 Å². The van der Waals surface area contributed by atoms with Crippen molar-refractivity contribution in [3.05, 3.63) is 18.3 Å². The molecule has 1 aliphatic heterocycles. The van der Waals surface area contributed by atoms with Crippen LogP contribution < -0.4 is 10.1 Å². The summed E-state index contributed by atoms with van der Waals surface area (Å²) >= 11 is 0. The first-order chi connectivity index (χ1) is 14.1. The minimum atomic E-state index is -0.0789. The van der Waals surface area contributed by atoms with Gasteiger partial charge in [-0.25, -0.2) is 9.78 Å². The van der Waals surface area contributed by atoms with Gasteiger partial charge in [0.15, 0.2) is 0 Å². The number of hydrogen-bond donors (Lipinski definition) is 1. The Morgan fingerprint density at radius 3 is 2.52 bits per heavy atom. The molecule has 1 aliphatic carbocycles. The van der Waals surface area contributed by atoms with Crippen LogP contribution in [-0.4, -0.2) is 73.4 Å². The number of aromatic nitrogens is 1. The van der Waals surface area contributed by atoms with E-state index in [0.717, 1.165) is 37.9 Å². The first-order valence-corrected chi connectivity index (χ1v) is 10.9. The van der Waals surface area contributed by atoms with Crippen molar-refractivity contribution in [2.45, 2.75) is 57.5 Å². The van der Waals surface area contributed by atoms with Crippen LogP contribution in [0.15, 0.2) is 18.3 Å². The molecule has 1 saturated heterocycles. The molecule has 0 atom stereocenters. The quantitative estimate of drug-likeness (QED) is 0.703. The first kappa shape index (κ1) is 21.8. The van der Waals surface area contributed by atoms with E-state index in [2.05, 4.69) is 22.1 Å². The Morgan fingerprint density at radius 2 is 1.90 bits per heavy atom. The molecule has 0 aromatic carbocycles. The van der Waals surface area contributed by atoms with Gasteiger partial charge in [-0.2, -0.15) is 0 Å². The molecule has 3 rings (SSSR count). The van der Waals surface area contributed by atoms with Crippen molar-refractivity contribution in [3.8, 4) is 5.88 Å². The zero-order valence-corrected chi connectivity index (χ0v) is 18.1. The third kappa shape index (κ3) is 6.31. The van der Waals surface area contributed by atoms with E-state index in [-0.39, 0.29) is 6.03 Å². The fraction of sp³-hybridized carbons (Fsp3) is 0.727. The van der Waals surface area contributed by atoms with Gasteiger partial charge in [-0.05, 0) is 50.5 Å². The number of carbonyl (C=O) groups is 1. The van der Waals surface area contributed by atoms with E-state index in [1.165, 1.54) is 25.7 Å². The lowest BCUT2D eigenvalue weighted by Gasteiger charge is -2.42. The van der Waals surface area contributed by atoms with Gasteiger partial charge in [0.25, 0.3) is 0 Å². The molecule has 1 aromatic rings. The van der Waals surface area contributed by atoms with Crippen LogP contribution in [0, 0.1) is 5.92 Å². The lowest BCUT2D eigenvalue weighted by molar-refractivity contribution is 0.0844. The highest BCUT2D eigenvalue weighted by Crippen LogP contribution is 2.29. The van der Waals surface area contributed by atoms with Crippen molar-refractivity contribution in [1.82, 2.24) is 14.8 Å². The second-order valence-electron chi connectivity index (χ2n) is 8.45. The van der Waals surface area contributed by atoms with Crippen molar-refractivity contribution < 1.29 is 14.3 Å². The maximum absolute atomic E-state index is 12.7. The van der Waals surface area contributed by atoms with Crippen molar-refractivity contribution in [3.63, 3.8) is 0 Å². The van der Waals surface area contributed by atoms with Gasteiger partial charge in [-0.1, -0.05) is 6.92 Å². The molecular weight excluding hydrogens is 368 g/mol. The van der Waals surface area contributed by atoms with Gasteiger partial charge in [0.05, 0.1) is 18.5 Å². The van der Waals surface area contributed by atoms with Crippen molar-refractivity contribution in [1.29, 1.82) is 0 Å². The predicted molar refractivity (Wildman–Crippen MR) is 114 cm³/mol. The second-order valence-corrected chi connectivity index (χ2v) is 8.45. The Labute approximate surface area is 174 Å². The van der Waals surface area contributed by atoms with Crippen LogP contribution in [0.25, 0.3) is 0 Å². The number of nitrogens with zero attached hydrogens (tertiary/aromatic N) is 3. The Morgan fingerprint density at radius 1 is 1.17 bits per heavy atom. The standard InChI is InChI=1S/C22H36N4O3/c1-17-4-7-20(8-5-17)26-12-10-19(11-13-26)25(2)22(27)24-18-6-9-21(23-16-18)29-15-14-28-3/h6,9,16-17,19-20H,4-5,7-8,10-15H2,1-3H3,(H,24,27). The van der Waals surface area contributed by atoms with Gasteiger partial charge in [-0.15, -0.1) is 0 Å². The van der Waals surface area contributed by atoms with Crippen LogP contribution in [0.4, 0.5) is 10.5 Å². The van der Waals surface area contributed by atoms with Gasteiger partial charge in [0, 0.05) is 45.4 Å². The van der Waals surface area contributed by atoms with Crippen molar-refractivity contribution in [2.75, 3.05) is 45.8 Å². The van der Waals surface area contributed by atoms with E-state index < -0.39 is 0 Å². The minimum Gasteiger partial charge on any atom is -0.475 e. The Hall–Kier alpha value is -1.86. The molecule has 0 unspecified atom stereocenters. The van der Waals surface area contributed by atoms with Crippen LogP contribution in [0.1, 0.15) is 45.4 Å². The highest BCUT2D eigenvalue weighted by molar-refractivity contribution is 5.89. The number of nitrogens with one attached hydrogen (secondary N) is 1. The number of carbonyl (C=O) groups excluding carboxylic acids is 1. The van der Waals surface area contributed by atoms with E-state index in [1.807, 2.05) is 18.0 Å². The molecule has 1 saturated carbocycles. The summed E-state index contributed by atoms with van der Waals surface area (Å²) in [6, 6.07) is 4.53. The van der Waals surface area contributed by atoms with Gasteiger partial charge < -0.3 is 24.6 Å². The van der Waals surface area contributed by atoms with E-state index in [0.29, 0.717) is 30.8 Å². The Kier molecular flexibility index (Phi) is 8.12. The number of amides is 2. The number of likely N-dealkylation sites (tertiary alicyclic amines) is 1. The van der Waals surface area contributed by atoms with Crippen LogP contribution >= 0.6 is 0 Å². The molecule has 7 heteroatoms. The number of rotatable bonds is 7. The van der Waals surface area contributed by atoms with Crippen LogP contribution in [0.2, 0.25) is 0 Å². The predicted octanol–water partition coefficient (Wildman–Crippen LogP) is 3.61. The molecule has 2 heterocycles. The number of ether oxygens (including phenoxy) is 2. The Bertz CT molecular complexity index is 623. The summed E-state index contributed by atoms with van der Waals surface area (Å²) < 4.78 is 10.4. The molecule has 2 fully saturated rings. The smallest absolute Gasteiger partial charge is 0.321 e. The van der Waals surface area contributed by atoms with E-state index >= 15 is 0 Å². The molecule has 2 aliphatic rings. The van der Waals surface area contributed by atoms with Crippen LogP contribution in [0.3, 0.4) is 0 Å². The fourth-order valence-corrected chi connectivity index (χ4v) is 4.39. The zero-order valence-electron chi connectivity index (χ0n) is 18.1. The molecule has 2 amide bonds. The molecule has 29 heavy (non-hydrogen) atoms. The van der Waals surface area contributed by atoms with E-state index in [1.54, 1.807) is 19.4 Å². The first-order valence-electron chi connectivity index (χ1n) is 10.9. The summed E-state index contributed by atoms with van der Waals surface area (Å²) in [5.74, 6) is 1.41. The molecule has 0 spiro atoms. The summed E-state index contributed by atoms with van der Waals surface area (Å²) in [5, 5.41) is 2.94. The van der Waals surface area contributed by atoms with Gasteiger partial charge in [0.1, 0.15) is 6.61 Å². The second kappa shape index (κ2) is 10.8. The molecule has 1 aromatic heterocycles. The fourth-order valence-electron chi connectivity index (χ4n) is 4.39. The van der Waals surface area contributed by atoms with E-state index in [4.69, 9.17) is 9.47 Å². The molecular formula is C22H36N4O3. The molecule has 162 valence electrons. The highest BCUT2D eigenvalue weighted by atomic mass is 16.5. The number of methoxy groups -OCH3 is 1. The SMILES string of the molecule is COCCOc1ccc(NC(=O)N(C)C2CCN(C3CCC(C)CC3)CC2)cn1. The number of urea groups is 1. The molecule has 1 N–H and O–H groups in total. The lowest BCUT2D eigenvalue weighted by atomic mass is 9.85. The summed E-state index contributed by atoms with van der Waals surface area (Å²) in [4.78, 5) is 21.4. The lowest BCUT2D eigenvalue weighted by Crippen LogP contribution is -2.50. The largest absolute Gasteiger partial charge is 0.475 e. The monoisotopic (exact) mass is 404 g/mol. The maximum atomic E-state index is 12.7. The van der Waals surface area contributed by atoms with Gasteiger partial charge >= 0.3 is 6.03 Å². The van der Waals surface area contributed by atoms with Gasteiger partial charge in [-0.3, -0.25) is 0 Å². The minimum absolute atomic E-state index is 0.0789. The summed E-state index contributed by atoms with van der Waals surface area (Å²) in [6.45, 7) is 5.53. The van der Waals surface area contributed by atoms with Crippen LogP contribution in [-0.2, 0) is 4.74 Å². The maximum Gasteiger partial charge on any atom is 0.321 e. The normalized spacial score (nSPS) is 23.6. The third-order valence-electron chi connectivity index (χ3n) is 6.39. The molecule has 7 nitrogen and oxygen atoms in total.